The first-order valence-corrected chi connectivity index (χ1v) is 6.04. The van der Waals surface area contributed by atoms with E-state index < -0.39 is 27.1 Å². The van der Waals surface area contributed by atoms with Crippen LogP contribution in [0.1, 0.15) is 16.1 Å². The van der Waals surface area contributed by atoms with Crippen molar-refractivity contribution >= 4 is 23.0 Å². The molecule has 1 aromatic carbocycles. The van der Waals surface area contributed by atoms with Crippen molar-refractivity contribution in [2.24, 2.45) is 7.05 Å². The van der Waals surface area contributed by atoms with Gasteiger partial charge in [0.25, 0.3) is 17.3 Å². The van der Waals surface area contributed by atoms with Crippen molar-refractivity contribution in [1.29, 1.82) is 0 Å². The van der Waals surface area contributed by atoms with Crippen LogP contribution in [0.25, 0.3) is 0 Å². The Bertz CT molecular complexity index is 747. The first kappa shape index (κ1) is 15.1. The molecule has 2 rings (SSSR count). The minimum Gasteiger partial charge on any atom is -0.320 e. The van der Waals surface area contributed by atoms with Crippen LogP contribution in [0.4, 0.5) is 17.1 Å². The Hall–Kier alpha value is -3.30. The Balaban J connectivity index is 2.40. The first-order valence-electron chi connectivity index (χ1n) is 6.04. The number of rotatable bonds is 4. The molecule has 114 valence electrons. The van der Waals surface area contributed by atoms with E-state index in [4.69, 9.17) is 0 Å². The summed E-state index contributed by atoms with van der Waals surface area (Å²) in [5.41, 5.74) is -0.907. The van der Waals surface area contributed by atoms with Crippen molar-refractivity contribution < 1.29 is 14.6 Å². The highest BCUT2D eigenvalue weighted by molar-refractivity contribution is 6.03. The number of nitrogens with zero attached hydrogens (tertiary/aromatic N) is 4. The van der Waals surface area contributed by atoms with Crippen LogP contribution < -0.4 is 5.32 Å². The van der Waals surface area contributed by atoms with Crippen molar-refractivity contribution in [2.45, 2.75) is 6.92 Å². The van der Waals surface area contributed by atoms with Gasteiger partial charge in [0, 0.05) is 25.4 Å². The number of nitro groups is 2. The Kier molecular flexibility index (Phi) is 3.84. The Labute approximate surface area is 123 Å². The summed E-state index contributed by atoms with van der Waals surface area (Å²) >= 11 is 0. The van der Waals surface area contributed by atoms with E-state index in [-0.39, 0.29) is 16.9 Å². The van der Waals surface area contributed by atoms with E-state index in [1.54, 1.807) is 13.2 Å². The monoisotopic (exact) mass is 305 g/mol. The highest BCUT2D eigenvalue weighted by Crippen LogP contribution is 2.31. The predicted molar refractivity (Wildman–Crippen MR) is 75.6 cm³/mol. The van der Waals surface area contributed by atoms with Crippen molar-refractivity contribution in [2.75, 3.05) is 5.32 Å². The fourth-order valence-corrected chi connectivity index (χ4v) is 1.87. The lowest BCUT2D eigenvalue weighted by Crippen LogP contribution is -2.13. The number of nitrogens with one attached hydrogen (secondary N) is 1. The molecule has 0 spiro atoms. The third-order valence-electron chi connectivity index (χ3n) is 2.95. The number of aromatic nitrogens is 2. The lowest BCUT2D eigenvalue weighted by molar-refractivity contribution is -0.395. The molecule has 0 aliphatic heterocycles. The van der Waals surface area contributed by atoms with Crippen LogP contribution in [0.15, 0.2) is 24.4 Å². The largest absolute Gasteiger partial charge is 0.320 e. The number of anilines is 1. The number of nitro benzene ring substituents is 2. The van der Waals surface area contributed by atoms with Crippen LogP contribution in [0.3, 0.4) is 0 Å². The SMILES string of the molecule is Cc1c([N+](=O)[O-])cc(NC(=O)c2ccn(C)n2)cc1[N+](=O)[O-]. The van der Waals surface area contributed by atoms with Crippen molar-refractivity contribution in [3.63, 3.8) is 0 Å². The minimum atomic E-state index is -0.737. The molecule has 0 radical (unpaired) electrons. The van der Waals surface area contributed by atoms with Crippen molar-refractivity contribution in [3.8, 4) is 0 Å². The summed E-state index contributed by atoms with van der Waals surface area (Å²) in [6.07, 6.45) is 1.55. The molecule has 0 saturated heterocycles. The van der Waals surface area contributed by atoms with Crippen LogP contribution in [-0.4, -0.2) is 25.5 Å². The summed E-state index contributed by atoms with van der Waals surface area (Å²) in [5.74, 6) is -0.618. The van der Waals surface area contributed by atoms with Gasteiger partial charge in [0.15, 0.2) is 5.69 Å². The van der Waals surface area contributed by atoms with E-state index in [0.717, 1.165) is 12.1 Å². The first-order chi connectivity index (χ1) is 10.3. The van der Waals surface area contributed by atoms with E-state index >= 15 is 0 Å². The van der Waals surface area contributed by atoms with Gasteiger partial charge in [0.2, 0.25) is 0 Å². The number of carbonyl (C=O) groups is 1. The molecule has 2 aromatic rings. The standard InChI is InChI=1S/C12H11N5O5/c1-7-10(16(19)20)5-8(6-11(7)17(21)22)13-12(18)9-3-4-15(2)14-9/h3-6H,1-2H3,(H,13,18). The summed E-state index contributed by atoms with van der Waals surface area (Å²) in [7, 11) is 1.62. The van der Waals surface area contributed by atoms with Gasteiger partial charge >= 0.3 is 0 Å². The summed E-state index contributed by atoms with van der Waals surface area (Å²) in [4.78, 5) is 32.4. The maximum absolute atomic E-state index is 11.9. The fraction of sp³-hybridized carbons (Fsp3) is 0.167. The van der Waals surface area contributed by atoms with Gasteiger partial charge in [-0.15, -0.1) is 0 Å². The smallest absolute Gasteiger partial charge is 0.281 e. The molecule has 0 bridgehead atoms. The zero-order valence-corrected chi connectivity index (χ0v) is 11.6. The molecule has 10 heteroatoms. The topological polar surface area (TPSA) is 133 Å². The zero-order chi connectivity index (χ0) is 16.4. The van der Waals surface area contributed by atoms with Crippen molar-refractivity contribution in [1.82, 2.24) is 9.78 Å². The number of amides is 1. The number of benzene rings is 1. The molecule has 1 N–H and O–H groups in total. The molecule has 1 heterocycles. The summed E-state index contributed by atoms with van der Waals surface area (Å²) in [5, 5.41) is 28.2. The molecule has 22 heavy (non-hydrogen) atoms. The van der Waals surface area contributed by atoms with E-state index in [2.05, 4.69) is 10.4 Å². The maximum Gasteiger partial charge on any atom is 0.281 e. The molecule has 10 nitrogen and oxygen atoms in total. The number of hydrogen-bond acceptors (Lipinski definition) is 6. The average molecular weight is 305 g/mol. The van der Waals surface area contributed by atoms with Gasteiger partial charge in [-0.05, 0) is 13.0 Å². The molecule has 0 unspecified atom stereocenters. The van der Waals surface area contributed by atoms with Crippen LogP contribution in [-0.2, 0) is 7.05 Å². The Morgan fingerprint density at radius 2 is 1.77 bits per heavy atom. The van der Waals surface area contributed by atoms with E-state index in [1.165, 1.54) is 17.7 Å². The Morgan fingerprint density at radius 3 is 2.18 bits per heavy atom. The summed E-state index contributed by atoms with van der Waals surface area (Å²) in [6.45, 7) is 1.28. The number of hydrogen-bond donors (Lipinski definition) is 1. The van der Waals surface area contributed by atoms with Gasteiger partial charge in [-0.2, -0.15) is 5.10 Å². The van der Waals surface area contributed by atoms with E-state index in [0.29, 0.717) is 0 Å². The highest BCUT2D eigenvalue weighted by atomic mass is 16.6. The van der Waals surface area contributed by atoms with Gasteiger partial charge in [0.05, 0.1) is 15.5 Å². The Morgan fingerprint density at radius 1 is 1.23 bits per heavy atom. The number of aryl methyl sites for hydroxylation is 1. The van der Waals surface area contributed by atoms with Crippen LogP contribution >= 0.6 is 0 Å². The zero-order valence-electron chi connectivity index (χ0n) is 11.6. The van der Waals surface area contributed by atoms with Gasteiger partial charge < -0.3 is 5.32 Å². The quantitative estimate of drug-likeness (QED) is 0.676. The van der Waals surface area contributed by atoms with Crippen LogP contribution in [0.2, 0.25) is 0 Å². The minimum absolute atomic E-state index is 0.0420. The van der Waals surface area contributed by atoms with Crippen LogP contribution in [0, 0.1) is 27.2 Å². The average Bonchev–Trinajstić information content (AvgIpc) is 2.86. The second-order valence-electron chi connectivity index (χ2n) is 4.48. The molecule has 1 amide bonds. The normalized spacial score (nSPS) is 10.3. The molecule has 0 aliphatic carbocycles. The molecule has 0 saturated carbocycles. The maximum atomic E-state index is 11.9. The second-order valence-corrected chi connectivity index (χ2v) is 4.48. The highest BCUT2D eigenvalue weighted by Gasteiger charge is 2.24. The lowest BCUT2D eigenvalue weighted by Gasteiger charge is -2.05. The second kappa shape index (κ2) is 5.60. The van der Waals surface area contributed by atoms with E-state index in [1.807, 2.05) is 0 Å². The van der Waals surface area contributed by atoms with Crippen molar-refractivity contribution in [3.05, 3.63) is 55.9 Å². The molecular weight excluding hydrogens is 294 g/mol. The van der Waals surface area contributed by atoms with Gasteiger partial charge in [-0.3, -0.25) is 29.7 Å². The van der Waals surface area contributed by atoms with Gasteiger partial charge in [-0.25, -0.2) is 0 Å². The lowest BCUT2D eigenvalue weighted by atomic mass is 10.1. The summed E-state index contributed by atoms with van der Waals surface area (Å²) < 4.78 is 1.41. The van der Waals surface area contributed by atoms with Gasteiger partial charge in [-0.1, -0.05) is 0 Å². The third kappa shape index (κ3) is 2.90. The molecule has 0 atom stereocenters. The molecule has 0 aliphatic rings. The molecule has 0 fully saturated rings. The molecular formula is C12H11N5O5. The van der Waals surface area contributed by atoms with E-state index in [9.17, 15) is 25.0 Å². The fourth-order valence-electron chi connectivity index (χ4n) is 1.87. The summed E-state index contributed by atoms with van der Waals surface area (Å²) in [6, 6.07) is 3.60. The third-order valence-corrected chi connectivity index (χ3v) is 2.95. The van der Waals surface area contributed by atoms with Crippen LogP contribution in [0.5, 0.6) is 0 Å². The predicted octanol–water partition coefficient (Wildman–Crippen LogP) is 1.80. The number of carbonyl (C=O) groups excluding carboxylic acids is 1. The van der Waals surface area contributed by atoms with Gasteiger partial charge in [0.1, 0.15) is 5.56 Å². The molecule has 1 aromatic heterocycles.